The Labute approximate surface area is 155 Å². The lowest BCUT2D eigenvalue weighted by molar-refractivity contribution is 0.0860. The van der Waals surface area contributed by atoms with Crippen molar-refractivity contribution < 1.29 is 4.79 Å². The molecule has 0 unspecified atom stereocenters. The molecule has 1 aliphatic rings. The number of Topliss-reactive ketones (excluding diaryl/α,β-unsaturated/α-hetero) is 1. The van der Waals surface area contributed by atoms with Gasteiger partial charge in [-0.25, -0.2) is 9.97 Å². The number of carbonyl (C=O) groups is 1. The number of rotatable bonds is 4. The largest absolute Gasteiger partial charge is 0.375 e. The Morgan fingerprint density at radius 2 is 1.96 bits per heavy atom. The number of nitrogens with one attached hydrogen (secondary N) is 1. The zero-order valence-corrected chi connectivity index (χ0v) is 16.4. The van der Waals surface area contributed by atoms with Crippen LogP contribution in [0.25, 0.3) is 16.7 Å². The summed E-state index contributed by atoms with van der Waals surface area (Å²) in [6.07, 6.45) is 10.2. The highest BCUT2D eigenvalue weighted by molar-refractivity contribution is 6.08. The van der Waals surface area contributed by atoms with Crippen LogP contribution in [0.15, 0.2) is 30.2 Å². The van der Waals surface area contributed by atoms with Gasteiger partial charge in [0.25, 0.3) is 0 Å². The minimum absolute atomic E-state index is 0.0704. The lowest BCUT2D eigenvalue weighted by atomic mass is 9.87. The number of carbonyl (C=O) groups excluding carboxylic acids is 1. The van der Waals surface area contributed by atoms with Crippen LogP contribution in [0.3, 0.4) is 0 Å². The average Bonchev–Trinajstić information content (AvgIpc) is 3.27. The van der Waals surface area contributed by atoms with Gasteiger partial charge < -0.3 is 9.88 Å². The Hall–Kier alpha value is -2.43. The predicted octanol–water partition coefficient (Wildman–Crippen LogP) is 4.59. The third-order valence-corrected chi connectivity index (χ3v) is 4.88. The summed E-state index contributed by atoms with van der Waals surface area (Å²) in [5.74, 6) is 0.0704. The summed E-state index contributed by atoms with van der Waals surface area (Å²) >= 11 is 0. The van der Waals surface area contributed by atoms with Crippen molar-refractivity contribution >= 4 is 22.5 Å². The van der Waals surface area contributed by atoms with Crippen LogP contribution in [0, 0.1) is 5.41 Å². The van der Waals surface area contributed by atoms with Gasteiger partial charge in [-0.05, 0) is 38.3 Å². The molecule has 1 saturated heterocycles. The molecular weight excluding hydrogens is 324 g/mol. The van der Waals surface area contributed by atoms with E-state index in [0.29, 0.717) is 16.7 Å². The van der Waals surface area contributed by atoms with Gasteiger partial charge in [-0.2, -0.15) is 0 Å². The van der Waals surface area contributed by atoms with Crippen molar-refractivity contribution in [1.82, 2.24) is 19.9 Å². The summed E-state index contributed by atoms with van der Waals surface area (Å²) in [5.41, 5.74) is 4.52. The monoisotopic (exact) mass is 352 g/mol. The van der Waals surface area contributed by atoms with E-state index in [9.17, 15) is 4.79 Å². The number of hydrogen-bond acceptors (Lipinski definition) is 4. The molecule has 2 aromatic rings. The highest BCUT2D eigenvalue weighted by Gasteiger charge is 2.26. The summed E-state index contributed by atoms with van der Waals surface area (Å²) in [7, 11) is 0. The van der Waals surface area contributed by atoms with Crippen molar-refractivity contribution in [2.75, 3.05) is 13.1 Å². The van der Waals surface area contributed by atoms with Crippen LogP contribution in [0.2, 0.25) is 0 Å². The molecule has 3 rings (SSSR count). The number of H-pyrrole nitrogens is 1. The highest BCUT2D eigenvalue weighted by atomic mass is 16.1. The summed E-state index contributed by atoms with van der Waals surface area (Å²) in [5, 5.41) is 0. The van der Waals surface area contributed by atoms with Crippen LogP contribution in [0.5, 0.6) is 0 Å². The number of likely N-dealkylation sites (tertiary alicyclic amines) is 1. The molecule has 1 N–H and O–H groups in total. The van der Waals surface area contributed by atoms with Gasteiger partial charge in [0.2, 0.25) is 0 Å². The quantitative estimate of drug-likeness (QED) is 0.646. The number of hydrogen-bond donors (Lipinski definition) is 1. The molecule has 5 nitrogen and oxygen atoms in total. The maximum atomic E-state index is 12.7. The van der Waals surface area contributed by atoms with E-state index in [1.807, 2.05) is 33.8 Å². The lowest BCUT2D eigenvalue weighted by Gasteiger charge is -2.18. The van der Waals surface area contributed by atoms with Gasteiger partial charge in [0, 0.05) is 30.4 Å². The first-order valence-electron chi connectivity index (χ1n) is 9.30. The second-order valence-corrected chi connectivity index (χ2v) is 7.96. The molecule has 1 fully saturated rings. The third-order valence-electron chi connectivity index (χ3n) is 4.88. The van der Waals surface area contributed by atoms with Gasteiger partial charge in [-0.15, -0.1) is 0 Å². The molecule has 138 valence electrons. The van der Waals surface area contributed by atoms with E-state index in [2.05, 4.69) is 27.9 Å². The van der Waals surface area contributed by atoms with E-state index >= 15 is 0 Å². The molecular formula is C21H28N4O. The first kappa shape index (κ1) is 18.4. The van der Waals surface area contributed by atoms with Crippen molar-refractivity contribution in [3.05, 3.63) is 41.5 Å². The molecule has 3 heterocycles. The van der Waals surface area contributed by atoms with Crippen LogP contribution in [-0.4, -0.2) is 38.7 Å². The average molecular weight is 352 g/mol. The van der Waals surface area contributed by atoms with Crippen molar-refractivity contribution in [1.29, 1.82) is 0 Å². The van der Waals surface area contributed by atoms with Crippen LogP contribution in [-0.2, 0) is 0 Å². The van der Waals surface area contributed by atoms with Gasteiger partial charge in [0.15, 0.2) is 11.4 Å². The second kappa shape index (κ2) is 7.06. The Bertz CT molecular complexity index is 877. The molecule has 0 aromatic carbocycles. The van der Waals surface area contributed by atoms with Crippen molar-refractivity contribution in [3.8, 4) is 0 Å². The molecule has 1 aliphatic heterocycles. The molecule has 0 aliphatic carbocycles. The number of nitrogens with zero attached hydrogens (tertiary/aromatic N) is 3. The smallest absolute Gasteiger partial charge is 0.171 e. The van der Waals surface area contributed by atoms with E-state index in [4.69, 9.17) is 4.98 Å². The van der Waals surface area contributed by atoms with E-state index in [1.165, 1.54) is 18.5 Å². The molecule has 0 atom stereocenters. The fourth-order valence-corrected chi connectivity index (χ4v) is 3.30. The Kier molecular flexibility index (Phi) is 4.99. The van der Waals surface area contributed by atoms with Gasteiger partial charge in [0.05, 0.1) is 17.5 Å². The number of fused-ring (bicyclic) bond motifs is 1. The Balaban J connectivity index is 1.99. The molecule has 0 bridgehead atoms. The van der Waals surface area contributed by atoms with Crippen molar-refractivity contribution in [2.24, 2.45) is 5.41 Å². The fraction of sp³-hybridized carbons (Fsp3) is 0.476. The van der Waals surface area contributed by atoms with Crippen LogP contribution >= 0.6 is 0 Å². The van der Waals surface area contributed by atoms with Gasteiger partial charge in [0.1, 0.15) is 5.52 Å². The second-order valence-electron chi connectivity index (χ2n) is 7.96. The number of aromatic amines is 1. The SMILES string of the molecule is C/C=C(\C=C(/C)N1CCCC1)c1cnc2[nH]cc(C(=O)C(C)(C)C)c2n1. The molecule has 0 radical (unpaired) electrons. The van der Waals surface area contributed by atoms with Crippen molar-refractivity contribution in [2.45, 2.75) is 47.5 Å². The van der Waals surface area contributed by atoms with Crippen LogP contribution in [0.1, 0.15) is 63.5 Å². The lowest BCUT2D eigenvalue weighted by Crippen LogP contribution is -2.20. The summed E-state index contributed by atoms with van der Waals surface area (Å²) in [6.45, 7) is 12.2. The summed E-state index contributed by atoms with van der Waals surface area (Å²) < 4.78 is 0. The van der Waals surface area contributed by atoms with Crippen LogP contribution < -0.4 is 0 Å². The number of allylic oxidation sites excluding steroid dienone is 4. The third kappa shape index (κ3) is 3.57. The first-order chi connectivity index (χ1) is 12.3. The molecule has 2 aromatic heterocycles. The topological polar surface area (TPSA) is 61.9 Å². The van der Waals surface area contributed by atoms with Crippen molar-refractivity contribution in [3.63, 3.8) is 0 Å². The molecule has 0 amide bonds. The van der Waals surface area contributed by atoms with Gasteiger partial charge in [-0.3, -0.25) is 4.79 Å². The number of ketones is 1. The van der Waals surface area contributed by atoms with Gasteiger partial charge in [-0.1, -0.05) is 26.8 Å². The highest BCUT2D eigenvalue weighted by Crippen LogP contribution is 2.27. The molecule has 0 saturated carbocycles. The zero-order chi connectivity index (χ0) is 18.9. The summed E-state index contributed by atoms with van der Waals surface area (Å²) in [4.78, 5) is 27.5. The van der Waals surface area contributed by atoms with E-state index < -0.39 is 5.41 Å². The Morgan fingerprint density at radius 1 is 1.27 bits per heavy atom. The minimum Gasteiger partial charge on any atom is -0.375 e. The van der Waals surface area contributed by atoms with E-state index in [0.717, 1.165) is 24.4 Å². The molecule has 26 heavy (non-hydrogen) atoms. The summed E-state index contributed by atoms with van der Waals surface area (Å²) in [6, 6.07) is 0. The van der Waals surface area contributed by atoms with E-state index in [-0.39, 0.29) is 5.78 Å². The fourth-order valence-electron chi connectivity index (χ4n) is 3.30. The molecule has 5 heteroatoms. The first-order valence-corrected chi connectivity index (χ1v) is 9.30. The van der Waals surface area contributed by atoms with E-state index in [1.54, 1.807) is 12.4 Å². The minimum atomic E-state index is -0.456. The van der Waals surface area contributed by atoms with Gasteiger partial charge >= 0.3 is 0 Å². The zero-order valence-electron chi connectivity index (χ0n) is 16.4. The molecule has 0 spiro atoms. The predicted molar refractivity (Wildman–Crippen MR) is 106 cm³/mol. The Morgan fingerprint density at radius 3 is 2.58 bits per heavy atom. The van der Waals surface area contributed by atoms with Crippen LogP contribution in [0.4, 0.5) is 0 Å². The normalized spacial score (nSPS) is 16.6. The standard InChI is InChI=1S/C21H28N4O/c1-6-15(11-14(2)25-9-7-8-10-25)17-13-23-20-18(24-17)16(12-22-20)19(26)21(3,4)5/h6,11-13H,7-10H2,1-5H3,(H,22,23)/b14-11+,15-6+. The maximum Gasteiger partial charge on any atom is 0.171 e. The maximum absolute atomic E-state index is 12.7. The number of aromatic nitrogens is 3.